The molecule has 0 saturated carbocycles. The van der Waals surface area contributed by atoms with Crippen molar-refractivity contribution >= 4 is 28.4 Å². The number of nitrogens with two attached hydrogens (primary N) is 1. The molecule has 1 aromatic heterocycles. The number of nitrogens with zero attached hydrogens (tertiary/aromatic N) is 2. The van der Waals surface area contributed by atoms with Crippen molar-refractivity contribution in [1.82, 2.24) is 9.99 Å². The van der Waals surface area contributed by atoms with Crippen molar-refractivity contribution < 1.29 is 37.3 Å². The molecule has 35 heavy (non-hydrogen) atoms. The number of rotatable bonds is 8. The molecule has 3 rings (SSSR count). The van der Waals surface area contributed by atoms with Gasteiger partial charge in [-0.3, -0.25) is 14.2 Å². The molecule has 0 saturated heterocycles. The minimum Gasteiger partial charge on any atom is -0.497 e. The topological polar surface area (TPSA) is 128 Å². The number of carbonyl (C=O) groups excluding carboxylic acids is 2. The predicted molar refractivity (Wildman–Crippen MR) is 122 cm³/mol. The lowest BCUT2D eigenvalue weighted by atomic mass is 10.1. The average molecular weight is 492 g/mol. The Morgan fingerprint density at radius 1 is 1.09 bits per heavy atom. The summed E-state index contributed by atoms with van der Waals surface area (Å²) in [5.74, 6) is -0.969. The van der Waals surface area contributed by atoms with E-state index in [2.05, 4.69) is 10.5 Å². The molecule has 186 valence electrons. The van der Waals surface area contributed by atoms with Crippen LogP contribution in [-0.2, 0) is 15.8 Å². The highest BCUT2D eigenvalue weighted by molar-refractivity contribution is 6.13. The van der Waals surface area contributed by atoms with Gasteiger partial charge in [0.15, 0.2) is 0 Å². The zero-order chi connectivity index (χ0) is 25.9. The van der Waals surface area contributed by atoms with Crippen LogP contribution in [0.15, 0.2) is 41.5 Å². The van der Waals surface area contributed by atoms with Crippen LogP contribution in [0, 0.1) is 0 Å². The second kappa shape index (κ2) is 9.95. The first-order chi connectivity index (χ1) is 16.5. The Kier molecular flexibility index (Phi) is 7.22. The van der Waals surface area contributed by atoms with Gasteiger partial charge < -0.3 is 20.3 Å². The van der Waals surface area contributed by atoms with Crippen LogP contribution < -0.4 is 20.6 Å². The first-order valence-electron chi connectivity index (χ1n) is 10.3. The van der Waals surface area contributed by atoms with Crippen LogP contribution >= 0.6 is 0 Å². The van der Waals surface area contributed by atoms with E-state index in [9.17, 15) is 27.9 Å². The molecule has 0 fully saturated rings. The number of hydrazone groups is 1. The van der Waals surface area contributed by atoms with Gasteiger partial charge in [0.05, 0.1) is 42.3 Å². The number of primary amides is 1. The maximum atomic E-state index is 13.5. The van der Waals surface area contributed by atoms with Gasteiger partial charge in [-0.2, -0.15) is 18.3 Å². The van der Waals surface area contributed by atoms with Gasteiger partial charge in [0.2, 0.25) is 17.7 Å². The van der Waals surface area contributed by atoms with Crippen molar-refractivity contribution in [2.45, 2.75) is 25.9 Å². The summed E-state index contributed by atoms with van der Waals surface area (Å²) in [7, 11) is 2.83. The molecule has 9 nitrogen and oxygen atoms in total. The van der Waals surface area contributed by atoms with E-state index in [0.717, 1.165) is 12.1 Å². The molecular weight excluding hydrogens is 469 g/mol. The van der Waals surface area contributed by atoms with E-state index in [1.165, 1.54) is 43.9 Å². The van der Waals surface area contributed by atoms with Gasteiger partial charge in [-0.25, -0.2) is 5.43 Å². The molecule has 2 aromatic carbocycles. The molecule has 0 unspecified atom stereocenters. The predicted octanol–water partition coefficient (Wildman–Crippen LogP) is 3.48. The molecule has 0 spiro atoms. The number of carbonyl (C=O) groups is 2. The Morgan fingerprint density at radius 2 is 1.71 bits per heavy atom. The third-order valence-corrected chi connectivity index (χ3v) is 5.17. The van der Waals surface area contributed by atoms with Crippen LogP contribution in [0.25, 0.3) is 16.6 Å². The number of aromatic hydroxyl groups is 1. The third kappa shape index (κ3) is 5.48. The lowest BCUT2D eigenvalue weighted by Gasteiger charge is -2.13. The van der Waals surface area contributed by atoms with Gasteiger partial charge in [0.1, 0.15) is 11.5 Å². The minimum atomic E-state index is -4.62. The monoisotopic (exact) mass is 492 g/mol. The number of halogens is 3. The fraction of sp³-hybridized carbons (Fsp3) is 0.261. The molecule has 0 aliphatic carbocycles. The number of benzene rings is 2. The molecule has 3 aromatic rings. The second-order valence-corrected chi connectivity index (χ2v) is 7.53. The lowest BCUT2D eigenvalue weighted by Crippen LogP contribution is -2.21. The normalized spacial score (nSPS) is 12.0. The van der Waals surface area contributed by atoms with Crippen molar-refractivity contribution in [3.63, 3.8) is 0 Å². The van der Waals surface area contributed by atoms with E-state index in [1.54, 1.807) is 6.07 Å². The highest BCUT2D eigenvalue weighted by Crippen LogP contribution is 2.40. The van der Waals surface area contributed by atoms with Crippen molar-refractivity contribution in [1.29, 1.82) is 0 Å². The van der Waals surface area contributed by atoms with Crippen molar-refractivity contribution in [2.24, 2.45) is 10.8 Å². The molecule has 2 amide bonds. The van der Waals surface area contributed by atoms with Crippen LogP contribution in [0.5, 0.6) is 17.4 Å². The molecular formula is C23H23F3N4O5. The van der Waals surface area contributed by atoms with Crippen LogP contribution in [0.4, 0.5) is 13.2 Å². The highest BCUT2D eigenvalue weighted by atomic mass is 19.4. The van der Waals surface area contributed by atoms with Gasteiger partial charge in [0, 0.05) is 36.4 Å². The number of hydrogen-bond donors (Lipinski definition) is 3. The number of fused-ring (bicyclic) bond motifs is 1. The number of hydrogen-bond acceptors (Lipinski definition) is 6. The molecule has 0 radical (unpaired) electrons. The summed E-state index contributed by atoms with van der Waals surface area (Å²) in [5.41, 5.74) is 6.89. The number of nitrogens with one attached hydrogen (secondary N) is 1. The first-order valence-corrected chi connectivity index (χ1v) is 10.3. The Bertz CT molecular complexity index is 1290. The smallest absolute Gasteiger partial charge is 0.416 e. The minimum absolute atomic E-state index is 0.0391. The molecule has 0 bridgehead atoms. The molecule has 4 N–H and O–H groups in total. The van der Waals surface area contributed by atoms with Crippen molar-refractivity contribution in [3.05, 3.63) is 47.5 Å². The summed E-state index contributed by atoms with van der Waals surface area (Å²) in [5, 5.41) is 15.3. The quantitative estimate of drug-likeness (QED) is 0.328. The van der Waals surface area contributed by atoms with E-state index in [0.29, 0.717) is 11.5 Å². The SMILES string of the molecule is COc1cc(OC)cc(-n2c(O)c(C(C)=NNC(=O)CCC(N)=O)c3ccc(C(F)(F)F)cc32)c1. The third-order valence-electron chi connectivity index (χ3n) is 5.17. The van der Waals surface area contributed by atoms with Crippen LogP contribution in [0.3, 0.4) is 0 Å². The fourth-order valence-corrected chi connectivity index (χ4v) is 3.49. The van der Waals surface area contributed by atoms with E-state index in [-0.39, 0.29) is 40.7 Å². The second-order valence-electron chi connectivity index (χ2n) is 7.53. The first kappa shape index (κ1) is 25.4. The summed E-state index contributed by atoms with van der Waals surface area (Å²) in [4.78, 5) is 22.8. The number of aromatic nitrogens is 1. The van der Waals surface area contributed by atoms with Gasteiger partial charge in [-0.05, 0) is 19.1 Å². The lowest BCUT2D eigenvalue weighted by molar-refractivity contribution is -0.137. The average Bonchev–Trinajstić information content (AvgIpc) is 3.11. The zero-order valence-corrected chi connectivity index (χ0v) is 19.1. The number of methoxy groups -OCH3 is 2. The van der Waals surface area contributed by atoms with E-state index < -0.39 is 29.4 Å². The number of amides is 2. The van der Waals surface area contributed by atoms with E-state index in [4.69, 9.17) is 15.2 Å². The maximum Gasteiger partial charge on any atom is 0.416 e. The van der Waals surface area contributed by atoms with Crippen molar-refractivity contribution in [3.8, 4) is 23.1 Å². The molecule has 0 aliphatic rings. The number of alkyl halides is 3. The summed E-state index contributed by atoms with van der Waals surface area (Å²) in [6, 6.07) is 7.62. The van der Waals surface area contributed by atoms with Gasteiger partial charge in [-0.15, -0.1) is 0 Å². The summed E-state index contributed by atoms with van der Waals surface area (Å²) in [6.45, 7) is 1.47. The maximum absolute atomic E-state index is 13.5. The van der Waals surface area contributed by atoms with Gasteiger partial charge >= 0.3 is 6.18 Å². The highest BCUT2D eigenvalue weighted by Gasteiger charge is 2.32. The summed E-state index contributed by atoms with van der Waals surface area (Å²) >= 11 is 0. The summed E-state index contributed by atoms with van der Waals surface area (Å²) < 4.78 is 52.1. The van der Waals surface area contributed by atoms with Crippen LogP contribution in [-0.4, -0.2) is 41.4 Å². The largest absolute Gasteiger partial charge is 0.497 e. The molecule has 12 heteroatoms. The van der Waals surface area contributed by atoms with Gasteiger partial charge in [0.25, 0.3) is 0 Å². The van der Waals surface area contributed by atoms with E-state index >= 15 is 0 Å². The Balaban J connectivity index is 2.21. The zero-order valence-electron chi connectivity index (χ0n) is 19.1. The van der Waals surface area contributed by atoms with Crippen LogP contribution in [0.2, 0.25) is 0 Å². The Hall–Kier alpha value is -4.22. The van der Waals surface area contributed by atoms with E-state index in [1.807, 2.05) is 0 Å². The summed E-state index contributed by atoms with van der Waals surface area (Å²) in [6.07, 6.45) is -5.00. The number of ether oxygens (including phenoxy) is 2. The van der Waals surface area contributed by atoms with Crippen LogP contribution in [0.1, 0.15) is 30.9 Å². The molecule has 1 heterocycles. The molecule has 0 atom stereocenters. The standard InChI is InChI=1S/C23H23F3N4O5/c1-12(28-29-20(32)7-6-19(27)31)21-17-5-4-13(23(24,25)26)8-18(17)30(22(21)33)14-9-15(34-2)11-16(10-14)35-3/h4-5,8-11,33H,6-7H2,1-3H3,(H2,27,31)(H,29,32). The Morgan fingerprint density at radius 3 is 2.26 bits per heavy atom. The van der Waals surface area contributed by atoms with Crippen molar-refractivity contribution in [2.75, 3.05) is 14.2 Å². The van der Waals surface area contributed by atoms with Gasteiger partial charge in [-0.1, -0.05) is 6.07 Å². The fourth-order valence-electron chi connectivity index (χ4n) is 3.49. The Labute approximate surface area is 197 Å². The molecule has 0 aliphatic heterocycles.